The van der Waals surface area contributed by atoms with Crippen molar-refractivity contribution >= 4 is 57.6 Å². The van der Waals surface area contributed by atoms with Crippen LogP contribution in [0.2, 0.25) is 0 Å². The van der Waals surface area contributed by atoms with Gasteiger partial charge in [-0.05, 0) is 17.2 Å². The standard InChI is InChI=1S/C28H23N3O2S3/c32-24-27(20-13-7-8-14-21(20)29-24)28(23(19-11-5-2-6-12-19)22-16-35-17-31(22)27)25(33)30(26(34)36-28)15-18-9-3-1-4-10-18/h1-14,22-23H,15-17H2,(H,29,32)/t22-,23-,27+,28-/m1/s1. The number of rotatable bonds is 3. The first-order valence-corrected chi connectivity index (χ1v) is 14.4. The number of carbonyl (C=O) groups is 2. The topological polar surface area (TPSA) is 52.7 Å². The van der Waals surface area contributed by atoms with Crippen molar-refractivity contribution in [3.63, 3.8) is 0 Å². The van der Waals surface area contributed by atoms with Gasteiger partial charge in [0.25, 0.3) is 5.91 Å². The van der Waals surface area contributed by atoms with Crippen LogP contribution in [-0.4, -0.2) is 48.4 Å². The molecular formula is C28H23N3O2S3. The number of fused-ring (bicyclic) bond motifs is 5. The van der Waals surface area contributed by atoms with E-state index in [1.807, 2.05) is 84.6 Å². The van der Waals surface area contributed by atoms with Gasteiger partial charge in [-0.25, -0.2) is 0 Å². The van der Waals surface area contributed by atoms with Gasteiger partial charge in [-0.3, -0.25) is 19.4 Å². The number of amides is 2. The number of para-hydroxylation sites is 1. The zero-order valence-electron chi connectivity index (χ0n) is 19.3. The molecule has 0 unspecified atom stereocenters. The summed E-state index contributed by atoms with van der Waals surface area (Å²) in [6.07, 6.45) is 0. The molecule has 36 heavy (non-hydrogen) atoms. The average molecular weight is 530 g/mol. The number of hydrogen-bond acceptors (Lipinski definition) is 6. The minimum Gasteiger partial charge on any atom is -0.324 e. The van der Waals surface area contributed by atoms with Gasteiger partial charge < -0.3 is 5.32 Å². The highest BCUT2D eigenvalue weighted by Gasteiger charge is 2.81. The largest absolute Gasteiger partial charge is 0.324 e. The number of thiocarbonyl (C=S) groups is 1. The molecule has 2 amide bonds. The number of carbonyl (C=O) groups excluding carboxylic acids is 2. The summed E-state index contributed by atoms with van der Waals surface area (Å²) < 4.78 is -0.571. The van der Waals surface area contributed by atoms with Crippen LogP contribution in [-0.2, 0) is 21.7 Å². The van der Waals surface area contributed by atoms with E-state index in [4.69, 9.17) is 12.2 Å². The first-order valence-electron chi connectivity index (χ1n) is 12.0. The van der Waals surface area contributed by atoms with Crippen LogP contribution in [0.15, 0.2) is 84.9 Å². The summed E-state index contributed by atoms with van der Waals surface area (Å²) in [6.45, 7) is 0.396. The number of anilines is 1. The molecule has 3 saturated heterocycles. The lowest BCUT2D eigenvalue weighted by Crippen LogP contribution is -2.62. The van der Waals surface area contributed by atoms with Gasteiger partial charge in [0.1, 0.15) is 9.07 Å². The highest BCUT2D eigenvalue weighted by molar-refractivity contribution is 8.25. The second kappa shape index (κ2) is 8.18. The SMILES string of the molecule is O=C1Nc2ccccc2[C@]12N1CSC[C@@H]1[C@@H](c1ccccc1)[C@]21SC(=S)N(Cc2ccccc2)C1=O. The number of hydrogen-bond donors (Lipinski definition) is 1. The van der Waals surface area contributed by atoms with Gasteiger partial charge >= 0.3 is 0 Å². The van der Waals surface area contributed by atoms with Gasteiger partial charge in [-0.15, -0.1) is 11.8 Å². The van der Waals surface area contributed by atoms with Crippen LogP contribution < -0.4 is 5.32 Å². The van der Waals surface area contributed by atoms with Crippen LogP contribution in [0.5, 0.6) is 0 Å². The van der Waals surface area contributed by atoms with Crippen molar-refractivity contribution in [2.24, 2.45) is 0 Å². The monoisotopic (exact) mass is 529 g/mol. The Labute approximate surface area is 223 Å². The molecule has 4 aliphatic heterocycles. The first-order chi connectivity index (χ1) is 17.6. The molecule has 0 saturated carbocycles. The number of thioether (sulfide) groups is 2. The molecule has 8 heteroatoms. The number of nitrogens with zero attached hydrogens (tertiary/aromatic N) is 2. The number of nitrogens with one attached hydrogen (secondary N) is 1. The summed E-state index contributed by atoms with van der Waals surface area (Å²) in [4.78, 5) is 33.2. The van der Waals surface area contributed by atoms with Crippen molar-refractivity contribution in [3.05, 3.63) is 102 Å². The summed E-state index contributed by atoms with van der Waals surface area (Å²) in [6, 6.07) is 28.0. The second-order valence-corrected chi connectivity index (χ2v) is 12.5. The lowest BCUT2D eigenvalue weighted by Gasteiger charge is -2.42. The second-order valence-electron chi connectivity index (χ2n) is 9.62. The molecule has 3 fully saturated rings. The van der Waals surface area contributed by atoms with E-state index >= 15 is 0 Å². The molecule has 0 bridgehead atoms. The van der Waals surface area contributed by atoms with Crippen molar-refractivity contribution in [3.8, 4) is 0 Å². The third-order valence-electron chi connectivity index (χ3n) is 7.98. The zero-order chi connectivity index (χ0) is 24.5. The minimum atomic E-state index is -1.14. The molecule has 0 aliphatic carbocycles. The fourth-order valence-corrected chi connectivity index (χ4v) is 10.1. The molecule has 3 aromatic carbocycles. The molecule has 4 heterocycles. The Morgan fingerprint density at radius 2 is 1.64 bits per heavy atom. The maximum atomic E-state index is 14.9. The van der Waals surface area contributed by atoms with Gasteiger partial charge in [0.05, 0.1) is 6.54 Å². The lowest BCUT2D eigenvalue weighted by atomic mass is 9.71. The minimum absolute atomic E-state index is 0.0326. The van der Waals surface area contributed by atoms with Crippen molar-refractivity contribution in [1.29, 1.82) is 0 Å². The van der Waals surface area contributed by atoms with E-state index in [0.717, 1.165) is 28.1 Å². The van der Waals surface area contributed by atoms with Crippen molar-refractivity contribution in [2.75, 3.05) is 16.9 Å². The summed E-state index contributed by atoms with van der Waals surface area (Å²) in [5.74, 6) is 1.16. The first kappa shape index (κ1) is 22.5. The van der Waals surface area contributed by atoms with Crippen LogP contribution in [0.4, 0.5) is 5.69 Å². The Morgan fingerprint density at radius 3 is 2.42 bits per heavy atom. The Hall–Kier alpha value is -2.65. The smallest absolute Gasteiger partial charge is 0.251 e. The molecular weight excluding hydrogens is 507 g/mol. The fraction of sp³-hybridized carbons (Fsp3) is 0.250. The van der Waals surface area contributed by atoms with E-state index < -0.39 is 10.3 Å². The summed E-state index contributed by atoms with van der Waals surface area (Å²) in [7, 11) is 0. The molecule has 4 atom stereocenters. The zero-order valence-corrected chi connectivity index (χ0v) is 21.7. The van der Waals surface area contributed by atoms with E-state index in [1.165, 1.54) is 11.8 Å². The highest BCUT2D eigenvalue weighted by Crippen LogP contribution is 2.69. The van der Waals surface area contributed by atoms with Gasteiger partial charge in [-0.1, -0.05) is 103 Å². The molecule has 7 rings (SSSR count). The van der Waals surface area contributed by atoms with Crippen molar-refractivity contribution in [2.45, 2.75) is 28.8 Å². The molecule has 4 aliphatic rings. The van der Waals surface area contributed by atoms with Gasteiger partial charge in [0.15, 0.2) is 5.54 Å². The quantitative estimate of drug-likeness (QED) is 0.492. The van der Waals surface area contributed by atoms with Crippen LogP contribution >= 0.6 is 35.7 Å². The third kappa shape index (κ3) is 2.76. The maximum absolute atomic E-state index is 14.9. The molecule has 5 nitrogen and oxygen atoms in total. The maximum Gasteiger partial charge on any atom is 0.251 e. The molecule has 3 aromatic rings. The predicted octanol–water partition coefficient (Wildman–Crippen LogP) is 4.81. The fourth-order valence-electron chi connectivity index (χ4n) is 6.65. The van der Waals surface area contributed by atoms with Crippen molar-refractivity contribution in [1.82, 2.24) is 9.80 Å². The van der Waals surface area contributed by atoms with Crippen LogP contribution in [0, 0.1) is 0 Å². The summed E-state index contributed by atoms with van der Waals surface area (Å²) >= 11 is 9.19. The number of benzene rings is 3. The van der Waals surface area contributed by atoms with Gasteiger partial charge in [-0.2, -0.15) is 0 Å². The predicted molar refractivity (Wildman–Crippen MR) is 149 cm³/mol. The Bertz CT molecular complexity index is 1400. The van der Waals surface area contributed by atoms with Crippen LogP contribution in [0.25, 0.3) is 0 Å². The van der Waals surface area contributed by atoms with E-state index in [2.05, 4.69) is 22.3 Å². The molecule has 0 radical (unpaired) electrons. The Balaban J connectivity index is 1.49. The molecule has 1 N–H and O–H groups in total. The highest BCUT2D eigenvalue weighted by atomic mass is 32.2. The average Bonchev–Trinajstić information content (AvgIpc) is 3.61. The Kier molecular flexibility index (Phi) is 5.12. The lowest BCUT2D eigenvalue weighted by molar-refractivity contribution is -0.138. The van der Waals surface area contributed by atoms with E-state index in [0.29, 0.717) is 16.7 Å². The van der Waals surface area contributed by atoms with Crippen LogP contribution in [0.1, 0.15) is 22.6 Å². The van der Waals surface area contributed by atoms with Gasteiger partial charge in [0, 0.05) is 34.8 Å². The third-order valence-corrected chi connectivity index (χ3v) is 10.9. The molecule has 2 spiro atoms. The summed E-state index contributed by atoms with van der Waals surface area (Å²) in [5, 5.41) is 3.15. The Morgan fingerprint density at radius 1 is 0.944 bits per heavy atom. The van der Waals surface area contributed by atoms with Crippen molar-refractivity contribution < 1.29 is 9.59 Å². The van der Waals surface area contributed by atoms with E-state index in [-0.39, 0.29) is 23.8 Å². The van der Waals surface area contributed by atoms with E-state index in [9.17, 15) is 9.59 Å². The normalized spacial score (nSPS) is 30.9. The van der Waals surface area contributed by atoms with Crippen LogP contribution in [0.3, 0.4) is 0 Å². The van der Waals surface area contributed by atoms with Gasteiger partial charge in [0.2, 0.25) is 5.91 Å². The van der Waals surface area contributed by atoms with E-state index in [1.54, 1.807) is 4.90 Å². The summed E-state index contributed by atoms with van der Waals surface area (Å²) in [5.41, 5.74) is 2.61. The molecule has 180 valence electrons. The molecule has 0 aromatic heterocycles.